The largest absolute Gasteiger partial charge is 0.497 e. The topological polar surface area (TPSA) is 57.2 Å². The van der Waals surface area contributed by atoms with E-state index in [2.05, 4.69) is 6.92 Å². The minimum atomic E-state index is -0.259. The van der Waals surface area contributed by atoms with Crippen LogP contribution in [-0.2, 0) is 6.54 Å². The van der Waals surface area contributed by atoms with Crippen molar-refractivity contribution >= 4 is 0 Å². The minimum absolute atomic E-state index is 0.000156. The van der Waals surface area contributed by atoms with Gasteiger partial charge in [0.25, 0.3) is 5.56 Å². The summed E-state index contributed by atoms with van der Waals surface area (Å²) in [6.07, 6.45) is 0.894. The lowest BCUT2D eigenvalue weighted by Gasteiger charge is -2.16. The maximum Gasteiger partial charge on any atom is 0.255 e. The Labute approximate surface area is 125 Å². The molecular weight excluding hydrogens is 264 g/mol. The summed E-state index contributed by atoms with van der Waals surface area (Å²) in [6.45, 7) is 4.57. The highest BCUT2D eigenvalue weighted by Crippen LogP contribution is 2.22. The highest BCUT2D eigenvalue weighted by atomic mass is 16.5. The van der Waals surface area contributed by atoms with Gasteiger partial charge in [-0.2, -0.15) is 0 Å². The molecule has 0 spiro atoms. The normalized spacial score (nSPS) is 12.2. The molecule has 1 heterocycles. The van der Waals surface area contributed by atoms with Crippen LogP contribution in [-0.4, -0.2) is 11.7 Å². The summed E-state index contributed by atoms with van der Waals surface area (Å²) in [5, 5.41) is 0. The Bertz CT molecular complexity index is 657. The van der Waals surface area contributed by atoms with Crippen molar-refractivity contribution in [3.8, 4) is 17.0 Å². The molecule has 21 heavy (non-hydrogen) atoms. The van der Waals surface area contributed by atoms with Crippen LogP contribution < -0.4 is 16.0 Å². The lowest BCUT2D eigenvalue weighted by molar-refractivity contribution is 0.415. The second kappa shape index (κ2) is 6.59. The standard InChI is InChI=1S/C17H22N2O2/c1-4-11-19-16(10-9-15(12(2)18)17(19)20)13-5-7-14(21-3)8-6-13/h5-10,12H,4,11,18H2,1-3H3. The molecule has 0 bridgehead atoms. The predicted octanol–water partition coefficient (Wildman–Crippen LogP) is 2.95. The second-order valence-electron chi connectivity index (χ2n) is 5.15. The van der Waals surface area contributed by atoms with Gasteiger partial charge in [0, 0.05) is 18.2 Å². The number of benzene rings is 1. The van der Waals surface area contributed by atoms with E-state index in [-0.39, 0.29) is 11.6 Å². The van der Waals surface area contributed by atoms with Crippen LogP contribution in [0.4, 0.5) is 0 Å². The zero-order chi connectivity index (χ0) is 15.4. The van der Waals surface area contributed by atoms with Crippen molar-refractivity contribution in [2.45, 2.75) is 32.9 Å². The number of nitrogens with two attached hydrogens (primary N) is 1. The molecule has 0 aliphatic rings. The van der Waals surface area contributed by atoms with Gasteiger partial charge < -0.3 is 15.0 Å². The molecule has 0 aliphatic heterocycles. The highest BCUT2D eigenvalue weighted by Gasteiger charge is 2.12. The van der Waals surface area contributed by atoms with Crippen LogP contribution in [0.2, 0.25) is 0 Å². The molecule has 1 aromatic carbocycles. The van der Waals surface area contributed by atoms with E-state index < -0.39 is 0 Å². The molecule has 0 amide bonds. The fourth-order valence-corrected chi connectivity index (χ4v) is 2.40. The molecule has 112 valence electrons. The van der Waals surface area contributed by atoms with Gasteiger partial charge in [-0.05, 0) is 55.3 Å². The third-order valence-electron chi connectivity index (χ3n) is 3.53. The van der Waals surface area contributed by atoms with Crippen LogP contribution in [0, 0.1) is 0 Å². The third-order valence-corrected chi connectivity index (χ3v) is 3.53. The highest BCUT2D eigenvalue weighted by molar-refractivity contribution is 5.61. The van der Waals surface area contributed by atoms with Crippen LogP contribution in [0.5, 0.6) is 5.75 Å². The van der Waals surface area contributed by atoms with Gasteiger partial charge in [-0.3, -0.25) is 4.79 Å². The van der Waals surface area contributed by atoms with Crippen LogP contribution >= 0.6 is 0 Å². The van der Waals surface area contributed by atoms with Crippen molar-refractivity contribution in [1.82, 2.24) is 4.57 Å². The Morgan fingerprint density at radius 2 is 1.86 bits per heavy atom. The summed E-state index contributed by atoms with van der Waals surface area (Å²) in [4.78, 5) is 12.6. The molecule has 2 N–H and O–H groups in total. The fourth-order valence-electron chi connectivity index (χ4n) is 2.40. The average Bonchev–Trinajstić information content (AvgIpc) is 2.49. The smallest absolute Gasteiger partial charge is 0.255 e. The quantitative estimate of drug-likeness (QED) is 0.919. The second-order valence-corrected chi connectivity index (χ2v) is 5.15. The first-order valence-electron chi connectivity index (χ1n) is 7.22. The van der Waals surface area contributed by atoms with Gasteiger partial charge in [0.2, 0.25) is 0 Å². The summed E-state index contributed by atoms with van der Waals surface area (Å²) >= 11 is 0. The average molecular weight is 286 g/mol. The van der Waals surface area contributed by atoms with Crippen molar-refractivity contribution < 1.29 is 4.74 Å². The summed E-state index contributed by atoms with van der Waals surface area (Å²) < 4.78 is 6.98. The summed E-state index contributed by atoms with van der Waals surface area (Å²) in [7, 11) is 1.64. The van der Waals surface area contributed by atoms with E-state index in [0.717, 1.165) is 23.4 Å². The van der Waals surface area contributed by atoms with E-state index in [1.807, 2.05) is 43.3 Å². The van der Waals surface area contributed by atoms with Crippen LogP contribution in [0.1, 0.15) is 31.9 Å². The molecule has 1 atom stereocenters. The molecule has 0 fully saturated rings. The van der Waals surface area contributed by atoms with Crippen molar-refractivity contribution in [3.05, 3.63) is 52.3 Å². The van der Waals surface area contributed by atoms with Gasteiger partial charge >= 0.3 is 0 Å². The van der Waals surface area contributed by atoms with Gasteiger partial charge in [0.15, 0.2) is 0 Å². The van der Waals surface area contributed by atoms with Gasteiger partial charge in [-0.25, -0.2) is 0 Å². The minimum Gasteiger partial charge on any atom is -0.497 e. The van der Waals surface area contributed by atoms with E-state index in [4.69, 9.17) is 10.5 Å². The Hall–Kier alpha value is -2.07. The van der Waals surface area contributed by atoms with E-state index in [1.54, 1.807) is 11.7 Å². The number of ether oxygens (including phenoxy) is 1. The first-order valence-corrected chi connectivity index (χ1v) is 7.22. The molecule has 1 aromatic heterocycles. The predicted molar refractivity (Wildman–Crippen MR) is 85.6 cm³/mol. The first-order chi connectivity index (χ1) is 10.1. The van der Waals surface area contributed by atoms with Crippen molar-refractivity contribution in [3.63, 3.8) is 0 Å². The number of methoxy groups -OCH3 is 1. The molecule has 1 unspecified atom stereocenters. The molecule has 0 radical (unpaired) electrons. The molecule has 2 rings (SSSR count). The molecule has 4 heteroatoms. The summed E-state index contributed by atoms with van der Waals surface area (Å²) in [5.41, 5.74) is 8.44. The number of nitrogens with zero attached hydrogens (tertiary/aromatic N) is 1. The van der Waals surface area contributed by atoms with Crippen molar-refractivity contribution in [2.75, 3.05) is 7.11 Å². The van der Waals surface area contributed by atoms with Crippen LogP contribution in [0.15, 0.2) is 41.2 Å². The number of hydrogen-bond acceptors (Lipinski definition) is 3. The monoisotopic (exact) mass is 286 g/mol. The molecule has 4 nitrogen and oxygen atoms in total. The lowest BCUT2D eigenvalue weighted by Crippen LogP contribution is -2.28. The van der Waals surface area contributed by atoms with E-state index in [1.165, 1.54) is 0 Å². The molecule has 2 aromatic rings. The number of hydrogen-bond donors (Lipinski definition) is 1. The van der Waals surface area contributed by atoms with Gasteiger partial charge in [0.05, 0.1) is 12.8 Å². The van der Waals surface area contributed by atoms with E-state index in [0.29, 0.717) is 12.1 Å². The zero-order valence-electron chi connectivity index (χ0n) is 12.8. The Kier molecular flexibility index (Phi) is 4.81. The Morgan fingerprint density at radius 3 is 2.38 bits per heavy atom. The summed E-state index contributed by atoms with van der Waals surface area (Å²) in [5.74, 6) is 0.801. The molecule has 0 saturated carbocycles. The Balaban J connectivity index is 2.56. The first kappa shape index (κ1) is 15.3. The zero-order valence-corrected chi connectivity index (χ0v) is 12.8. The third kappa shape index (κ3) is 3.16. The number of aromatic nitrogens is 1. The van der Waals surface area contributed by atoms with Gasteiger partial charge in [-0.1, -0.05) is 6.92 Å². The molecule has 0 aliphatic carbocycles. The van der Waals surface area contributed by atoms with Crippen molar-refractivity contribution in [1.29, 1.82) is 0 Å². The van der Waals surface area contributed by atoms with Gasteiger partial charge in [0.1, 0.15) is 5.75 Å². The summed E-state index contributed by atoms with van der Waals surface area (Å²) in [6, 6.07) is 11.3. The maximum atomic E-state index is 12.6. The van der Waals surface area contributed by atoms with Crippen molar-refractivity contribution in [2.24, 2.45) is 5.73 Å². The fraction of sp³-hybridized carbons (Fsp3) is 0.353. The van der Waals surface area contributed by atoms with Crippen LogP contribution in [0.25, 0.3) is 11.3 Å². The SMILES string of the molecule is CCCn1c(-c2ccc(OC)cc2)ccc(C(C)N)c1=O. The molecule has 0 saturated heterocycles. The van der Waals surface area contributed by atoms with E-state index >= 15 is 0 Å². The maximum absolute atomic E-state index is 12.6. The van der Waals surface area contributed by atoms with E-state index in [9.17, 15) is 4.79 Å². The molecular formula is C17H22N2O2. The van der Waals surface area contributed by atoms with Crippen LogP contribution in [0.3, 0.4) is 0 Å². The number of rotatable bonds is 5. The Morgan fingerprint density at radius 1 is 1.19 bits per heavy atom. The number of pyridine rings is 1. The van der Waals surface area contributed by atoms with Gasteiger partial charge in [-0.15, -0.1) is 0 Å². The lowest BCUT2D eigenvalue weighted by atomic mass is 10.1.